The fraction of sp³-hybridized carbons (Fsp3) is 0.333. The van der Waals surface area contributed by atoms with Crippen molar-refractivity contribution >= 4 is 11.8 Å². The Labute approximate surface area is 148 Å². The molecule has 1 atom stereocenters. The molecule has 0 N–H and O–H groups in total. The van der Waals surface area contributed by atoms with Crippen LogP contribution >= 0.6 is 0 Å². The van der Waals surface area contributed by atoms with Gasteiger partial charge in [0, 0.05) is 19.4 Å². The number of ether oxygens (including phenoxy) is 1. The summed E-state index contributed by atoms with van der Waals surface area (Å²) < 4.78 is 5.25. The van der Waals surface area contributed by atoms with Gasteiger partial charge in [-0.25, -0.2) is 0 Å². The Kier molecular flexibility index (Phi) is 5.61. The standard InChI is InChI=1S/C21H23NO3/c1-2-25-21(24)19-15-18(23)13-14-22(19)20(16-9-5-3-6-10-16)17-11-7-4-8-12-17/h3-12,19-20H,2,13-15H2,1H3. The summed E-state index contributed by atoms with van der Waals surface area (Å²) in [4.78, 5) is 26.6. The van der Waals surface area contributed by atoms with Crippen molar-refractivity contribution < 1.29 is 14.3 Å². The lowest BCUT2D eigenvalue weighted by Crippen LogP contribution is -2.50. The highest BCUT2D eigenvalue weighted by Gasteiger charge is 2.38. The molecule has 25 heavy (non-hydrogen) atoms. The number of benzene rings is 2. The maximum absolute atomic E-state index is 12.5. The van der Waals surface area contributed by atoms with E-state index in [9.17, 15) is 9.59 Å². The van der Waals surface area contributed by atoms with Gasteiger partial charge in [-0.05, 0) is 18.1 Å². The first kappa shape index (κ1) is 17.4. The van der Waals surface area contributed by atoms with E-state index >= 15 is 0 Å². The number of piperidine rings is 1. The molecule has 2 aromatic carbocycles. The van der Waals surface area contributed by atoms with Crippen LogP contribution in [-0.4, -0.2) is 35.8 Å². The molecule has 3 rings (SSSR count). The number of likely N-dealkylation sites (tertiary alicyclic amines) is 1. The van der Waals surface area contributed by atoms with Crippen molar-refractivity contribution in [2.75, 3.05) is 13.2 Å². The van der Waals surface area contributed by atoms with Crippen molar-refractivity contribution in [1.29, 1.82) is 0 Å². The number of ketones is 1. The average Bonchev–Trinajstić information content (AvgIpc) is 2.65. The SMILES string of the molecule is CCOC(=O)C1CC(=O)CCN1C(c1ccccc1)c1ccccc1. The molecule has 0 spiro atoms. The van der Waals surface area contributed by atoms with Crippen LogP contribution in [0.15, 0.2) is 60.7 Å². The van der Waals surface area contributed by atoms with Gasteiger partial charge in [0.15, 0.2) is 0 Å². The zero-order valence-electron chi connectivity index (χ0n) is 14.4. The highest BCUT2D eigenvalue weighted by atomic mass is 16.5. The quantitative estimate of drug-likeness (QED) is 0.785. The van der Waals surface area contributed by atoms with E-state index in [0.717, 1.165) is 11.1 Å². The summed E-state index contributed by atoms with van der Waals surface area (Å²) in [5, 5.41) is 0. The van der Waals surface area contributed by atoms with Crippen molar-refractivity contribution in [3.8, 4) is 0 Å². The van der Waals surface area contributed by atoms with E-state index in [1.54, 1.807) is 6.92 Å². The third-order valence-electron chi connectivity index (χ3n) is 4.59. The maximum atomic E-state index is 12.5. The Morgan fingerprint density at radius 2 is 1.64 bits per heavy atom. The van der Waals surface area contributed by atoms with Crippen LogP contribution in [0, 0.1) is 0 Å². The minimum atomic E-state index is -0.536. The topological polar surface area (TPSA) is 46.6 Å². The van der Waals surface area contributed by atoms with Crippen molar-refractivity contribution in [1.82, 2.24) is 4.90 Å². The molecule has 1 aliphatic rings. The molecule has 130 valence electrons. The molecule has 0 amide bonds. The molecule has 0 aromatic heterocycles. The van der Waals surface area contributed by atoms with Crippen molar-refractivity contribution in [2.45, 2.75) is 31.8 Å². The second-order valence-electron chi connectivity index (χ2n) is 6.22. The number of Topliss-reactive ketones (excluding diaryl/α,β-unsaturated/α-hetero) is 1. The summed E-state index contributed by atoms with van der Waals surface area (Å²) in [6.45, 7) is 2.66. The number of esters is 1. The van der Waals surface area contributed by atoms with Crippen molar-refractivity contribution in [3.63, 3.8) is 0 Å². The fourth-order valence-electron chi connectivity index (χ4n) is 3.46. The molecule has 0 saturated carbocycles. The minimum Gasteiger partial charge on any atom is -0.465 e. The molecule has 1 unspecified atom stereocenters. The van der Waals surface area contributed by atoms with Crippen LogP contribution in [0.1, 0.15) is 36.9 Å². The number of hydrogen-bond donors (Lipinski definition) is 0. The first-order valence-corrected chi connectivity index (χ1v) is 8.74. The Balaban J connectivity index is 2.01. The van der Waals surface area contributed by atoms with Crippen LogP contribution in [0.2, 0.25) is 0 Å². The lowest BCUT2D eigenvalue weighted by molar-refractivity contribution is -0.154. The van der Waals surface area contributed by atoms with Gasteiger partial charge in [0.1, 0.15) is 11.8 Å². The predicted molar refractivity (Wildman–Crippen MR) is 96.1 cm³/mol. The largest absolute Gasteiger partial charge is 0.465 e. The van der Waals surface area contributed by atoms with Crippen molar-refractivity contribution in [3.05, 3.63) is 71.8 Å². The summed E-state index contributed by atoms with van der Waals surface area (Å²) in [6.07, 6.45) is 0.682. The molecule has 0 radical (unpaired) electrons. The van der Waals surface area contributed by atoms with Crippen LogP contribution in [0.3, 0.4) is 0 Å². The highest BCUT2D eigenvalue weighted by Crippen LogP contribution is 2.33. The summed E-state index contributed by atoms with van der Waals surface area (Å²) in [5.41, 5.74) is 2.22. The molecule has 0 aliphatic carbocycles. The maximum Gasteiger partial charge on any atom is 0.323 e. The second kappa shape index (κ2) is 8.08. The van der Waals surface area contributed by atoms with Gasteiger partial charge in [-0.1, -0.05) is 60.7 Å². The molecule has 1 heterocycles. The smallest absolute Gasteiger partial charge is 0.323 e. The van der Waals surface area contributed by atoms with E-state index in [1.807, 2.05) is 36.4 Å². The number of carbonyl (C=O) groups is 2. The number of rotatable bonds is 5. The van der Waals surface area contributed by atoms with Gasteiger partial charge >= 0.3 is 5.97 Å². The molecular weight excluding hydrogens is 314 g/mol. The molecule has 1 aliphatic heterocycles. The lowest BCUT2D eigenvalue weighted by Gasteiger charge is -2.39. The number of carbonyl (C=O) groups excluding carboxylic acids is 2. The summed E-state index contributed by atoms with van der Waals surface area (Å²) in [6, 6.07) is 19.6. The molecule has 2 aromatic rings. The van der Waals surface area contributed by atoms with Crippen LogP contribution in [0.25, 0.3) is 0 Å². The van der Waals surface area contributed by atoms with Gasteiger partial charge in [0.05, 0.1) is 12.6 Å². The van der Waals surface area contributed by atoms with E-state index in [-0.39, 0.29) is 24.2 Å². The third kappa shape index (κ3) is 3.97. The van der Waals surface area contributed by atoms with Gasteiger partial charge in [-0.15, -0.1) is 0 Å². The third-order valence-corrected chi connectivity index (χ3v) is 4.59. The minimum absolute atomic E-state index is 0.0788. The first-order valence-electron chi connectivity index (χ1n) is 8.74. The summed E-state index contributed by atoms with van der Waals surface area (Å²) >= 11 is 0. The van der Waals surface area contributed by atoms with Crippen LogP contribution < -0.4 is 0 Å². The van der Waals surface area contributed by atoms with E-state index in [2.05, 4.69) is 29.2 Å². The van der Waals surface area contributed by atoms with Crippen molar-refractivity contribution in [2.24, 2.45) is 0 Å². The average molecular weight is 337 g/mol. The Bertz CT molecular complexity index is 675. The number of nitrogens with zero attached hydrogens (tertiary/aromatic N) is 1. The van der Waals surface area contributed by atoms with Gasteiger partial charge < -0.3 is 4.74 Å². The van der Waals surface area contributed by atoms with Crippen LogP contribution in [0.4, 0.5) is 0 Å². The Morgan fingerprint density at radius 3 is 2.16 bits per heavy atom. The Morgan fingerprint density at radius 1 is 1.08 bits per heavy atom. The van der Waals surface area contributed by atoms with Crippen LogP contribution in [-0.2, 0) is 14.3 Å². The van der Waals surface area contributed by atoms with Gasteiger partial charge in [-0.2, -0.15) is 0 Å². The molecule has 1 fully saturated rings. The van der Waals surface area contributed by atoms with E-state index < -0.39 is 6.04 Å². The molecular formula is C21H23NO3. The molecule has 0 bridgehead atoms. The van der Waals surface area contributed by atoms with Gasteiger partial charge in [0.25, 0.3) is 0 Å². The fourth-order valence-corrected chi connectivity index (χ4v) is 3.46. The molecule has 4 nitrogen and oxygen atoms in total. The number of hydrogen-bond acceptors (Lipinski definition) is 4. The zero-order chi connectivity index (χ0) is 17.6. The monoisotopic (exact) mass is 337 g/mol. The predicted octanol–water partition coefficient (Wildman–Crippen LogP) is 3.37. The molecule has 4 heteroatoms. The first-order chi connectivity index (χ1) is 12.2. The Hall–Kier alpha value is -2.46. The zero-order valence-corrected chi connectivity index (χ0v) is 14.4. The second-order valence-corrected chi connectivity index (χ2v) is 6.22. The normalized spacial score (nSPS) is 18.3. The summed E-state index contributed by atoms with van der Waals surface area (Å²) in [5.74, 6) is -0.193. The lowest BCUT2D eigenvalue weighted by atomic mass is 9.91. The van der Waals surface area contributed by atoms with E-state index in [4.69, 9.17) is 4.74 Å². The van der Waals surface area contributed by atoms with Gasteiger partial charge in [0.2, 0.25) is 0 Å². The molecule has 1 saturated heterocycles. The highest BCUT2D eigenvalue weighted by molar-refractivity contribution is 5.88. The van der Waals surface area contributed by atoms with Crippen LogP contribution in [0.5, 0.6) is 0 Å². The van der Waals surface area contributed by atoms with E-state index in [1.165, 1.54) is 0 Å². The van der Waals surface area contributed by atoms with Gasteiger partial charge in [-0.3, -0.25) is 14.5 Å². The summed E-state index contributed by atoms with van der Waals surface area (Å²) in [7, 11) is 0. The van der Waals surface area contributed by atoms with E-state index in [0.29, 0.717) is 19.6 Å².